The SMILES string of the molecule is Cc1ccc(C(=O)N2CCOCC2c2ncon2)cc1C. The number of benzene rings is 1. The number of rotatable bonds is 2. The van der Waals surface area contributed by atoms with Gasteiger partial charge in [0.05, 0.1) is 13.2 Å². The summed E-state index contributed by atoms with van der Waals surface area (Å²) in [5, 5.41) is 3.84. The van der Waals surface area contributed by atoms with Crippen molar-refractivity contribution in [2.75, 3.05) is 19.8 Å². The molecule has 3 rings (SSSR count). The van der Waals surface area contributed by atoms with Crippen LogP contribution in [0.3, 0.4) is 0 Å². The minimum Gasteiger partial charge on any atom is -0.377 e. The zero-order valence-electron chi connectivity index (χ0n) is 12.1. The van der Waals surface area contributed by atoms with E-state index in [2.05, 4.69) is 10.1 Å². The topological polar surface area (TPSA) is 68.5 Å². The molecule has 6 heteroatoms. The second kappa shape index (κ2) is 5.65. The Kier molecular flexibility index (Phi) is 3.70. The van der Waals surface area contributed by atoms with Crippen molar-refractivity contribution in [2.24, 2.45) is 0 Å². The summed E-state index contributed by atoms with van der Waals surface area (Å²) >= 11 is 0. The van der Waals surface area contributed by atoms with Gasteiger partial charge in [0.1, 0.15) is 6.04 Å². The molecule has 1 fully saturated rings. The lowest BCUT2D eigenvalue weighted by Gasteiger charge is -2.33. The fraction of sp³-hybridized carbons (Fsp3) is 0.400. The van der Waals surface area contributed by atoms with Gasteiger partial charge in [0, 0.05) is 12.1 Å². The average Bonchev–Trinajstić information content (AvgIpc) is 3.03. The van der Waals surface area contributed by atoms with Gasteiger partial charge < -0.3 is 14.2 Å². The number of aryl methyl sites for hydroxylation is 2. The highest BCUT2D eigenvalue weighted by Crippen LogP contribution is 2.24. The van der Waals surface area contributed by atoms with Crippen LogP contribution in [0.1, 0.15) is 33.4 Å². The van der Waals surface area contributed by atoms with E-state index in [0.29, 0.717) is 31.1 Å². The molecule has 0 aliphatic carbocycles. The zero-order valence-corrected chi connectivity index (χ0v) is 12.1. The molecule has 1 unspecified atom stereocenters. The van der Waals surface area contributed by atoms with Crippen LogP contribution in [0.15, 0.2) is 29.1 Å². The van der Waals surface area contributed by atoms with Crippen molar-refractivity contribution in [1.29, 1.82) is 0 Å². The molecule has 1 aliphatic heterocycles. The van der Waals surface area contributed by atoms with Gasteiger partial charge in [0.15, 0.2) is 5.82 Å². The minimum absolute atomic E-state index is 0.0313. The molecular weight excluding hydrogens is 270 g/mol. The largest absolute Gasteiger partial charge is 0.377 e. The Morgan fingerprint density at radius 3 is 2.90 bits per heavy atom. The Morgan fingerprint density at radius 1 is 1.33 bits per heavy atom. The first-order valence-electron chi connectivity index (χ1n) is 6.89. The van der Waals surface area contributed by atoms with E-state index in [4.69, 9.17) is 9.26 Å². The summed E-state index contributed by atoms with van der Waals surface area (Å²) < 4.78 is 10.2. The van der Waals surface area contributed by atoms with Crippen LogP contribution < -0.4 is 0 Å². The Morgan fingerprint density at radius 2 is 2.19 bits per heavy atom. The molecule has 1 aromatic heterocycles. The molecular formula is C15H17N3O3. The van der Waals surface area contributed by atoms with Crippen molar-refractivity contribution in [1.82, 2.24) is 15.0 Å². The number of nitrogens with zero attached hydrogens (tertiary/aromatic N) is 3. The zero-order chi connectivity index (χ0) is 14.8. The smallest absolute Gasteiger partial charge is 0.254 e. The lowest BCUT2D eigenvalue weighted by atomic mass is 10.0. The van der Waals surface area contributed by atoms with E-state index in [0.717, 1.165) is 5.56 Å². The van der Waals surface area contributed by atoms with Gasteiger partial charge >= 0.3 is 0 Å². The summed E-state index contributed by atoms with van der Waals surface area (Å²) in [6.45, 7) is 5.45. The van der Waals surface area contributed by atoms with Crippen LogP contribution in [0, 0.1) is 13.8 Å². The normalized spacial score (nSPS) is 18.8. The predicted octanol–water partition coefficient (Wildman–Crippen LogP) is 1.90. The molecule has 0 saturated carbocycles. The van der Waals surface area contributed by atoms with Crippen molar-refractivity contribution in [3.05, 3.63) is 47.1 Å². The molecule has 1 atom stereocenters. The highest BCUT2D eigenvalue weighted by molar-refractivity contribution is 5.94. The van der Waals surface area contributed by atoms with Gasteiger partial charge in [-0.1, -0.05) is 11.2 Å². The maximum absolute atomic E-state index is 12.8. The molecule has 21 heavy (non-hydrogen) atoms. The maximum Gasteiger partial charge on any atom is 0.254 e. The van der Waals surface area contributed by atoms with Gasteiger partial charge in [-0.2, -0.15) is 4.98 Å². The Labute approximate surface area is 122 Å². The summed E-state index contributed by atoms with van der Waals surface area (Å²) in [5.41, 5.74) is 2.95. The fourth-order valence-corrected chi connectivity index (χ4v) is 2.43. The van der Waals surface area contributed by atoms with Gasteiger partial charge in [-0.25, -0.2) is 0 Å². The highest BCUT2D eigenvalue weighted by Gasteiger charge is 2.32. The third-order valence-corrected chi connectivity index (χ3v) is 3.82. The molecule has 1 aliphatic rings. The molecule has 110 valence electrons. The lowest BCUT2D eigenvalue weighted by Crippen LogP contribution is -2.43. The van der Waals surface area contributed by atoms with Crippen LogP contribution in [0.2, 0.25) is 0 Å². The van der Waals surface area contributed by atoms with Crippen molar-refractivity contribution >= 4 is 5.91 Å². The van der Waals surface area contributed by atoms with Crippen molar-refractivity contribution < 1.29 is 14.1 Å². The average molecular weight is 287 g/mol. The Bertz CT molecular complexity index is 640. The second-order valence-corrected chi connectivity index (χ2v) is 5.18. The number of carbonyl (C=O) groups is 1. The van der Waals surface area contributed by atoms with Crippen molar-refractivity contribution in [3.63, 3.8) is 0 Å². The van der Waals surface area contributed by atoms with Crippen LogP contribution in [0.25, 0.3) is 0 Å². The van der Waals surface area contributed by atoms with E-state index >= 15 is 0 Å². The van der Waals surface area contributed by atoms with Crippen molar-refractivity contribution in [2.45, 2.75) is 19.9 Å². The summed E-state index contributed by atoms with van der Waals surface area (Å²) in [4.78, 5) is 18.5. The molecule has 2 heterocycles. The number of hydrogen-bond acceptors (Lipinski definition) is 5. The Balaban J connectivity index is 1.89. The van der Waals surface area contributed by atoms with E-state index < -0.39 is 0 Å². The first kappa shape index (κ1) is 13.8. The molecule has 1 aromatic carbocycles. The first-order chi connectivity index (χ1) is 10.2. The van der Waals surface area contributed by atoms with Crippen LogP contribution in [0.5, 0.6) is 0 Å². The molecule has 1 amide bonds. The van der Waals surface area contributed by atoms with Gasteiger partial charge in [0.25, 0.3) is 5.91 Å². The van der Waals surface area contributed by atoms with Gasteiger partial charge in [-0.15, -0.1) is 0 Å². The maximum atomic E-state index is 12.8. The third-order valence-electron chi connectivity index (χ3n) is 3.82. The molecule has 1 saturated heterocycles. The number of aromatic nitrogens is 2. The molecule has 0 radical (unpaired) electrons. The minimum atomic E-state index is -0.299. The van der Waals surface area contributed by atoms with E-state index in [9.17, 15) is 4.79 Å². The van der Waals surface area contributed by atoms with Crippen molar-refractivity contribution in [3.8, 4) is 0 Å². The molecule has 0 bridgehead atoms. The van der Waals surface area contributed by atoms with Gasteiger partial charge in [-0.05, 0) is 37.1 Å². The molecule has 2 aromatic rings. The monoisotopic (exact) mass is 287 g/mol. The number of carbonyl (C=O) groups excluding carboxylic acids is 1. The van der Waals surface area contributed by atoms with E-state index in [-0.39, 0.29) is 11.9 Å². The number of morpholine rings is 1. The van der Waals surface area contributed by atoms with Gasteiger partial charge in [-0.3, -0.25) is 4.79 Å². The predicted molar refractivity (Wildman–Crippen MR) is 74.8 cm³/mol. The summed E-state index contributed by atoms with van der Waals surface area (Å²) in [6.07, 6.45) is 1.27. The Hall–Kier alpha value is -2.21. The quantitative estimate of drug-likeness (QED) is 0.844. The fourth-order valence-electron chi connectivity index (χ4n) is 2.43. The number of hydrogen-bond donors (Lipinski definition) is 0. The lowest BCUT2D eigenvalue weighted by molar-refractivity contribution is -0.00577. The third kappa shape index (κ3) is 2.67. The van der Waals surface area contributed by atoms with Crippen LogP contribution in [0.4, 0.5) is 0 Å². The van der Waals surface area contributed by atoms with E-state index in [1.165, 1.54) is 12.0 Å². The molecule has 0 spiro atoms. The molecule has 6 nitrogen and oxygen atoms in total. The summed E-state index contributed by atoms with van der Waals surface area (Å²) in [5.74, 6) is 0.447. The molecule has 0 N–H and O–H groups in total. The van der Waals surface area contributed by atoms with Crippen LogP contribution in [-0.2, 0) is 4.74 Å². The van der Waals surface area contributed by atoms with E-state index in [1.54, 1.807) is 4.90 Å². The number of amides is 1. The number of ether oxygens (including phenoxy) is 1. The summed E-state index contributed by atoms with van der Waals surface area (Å²) in [7, 11) is 0. The van der Waals surface area contributed by atoms with Gasteiger partial charge in [0.2, 0.25) is 6.39 Å². The van der Waals surface area contributed by atoms with E-state index in [1.807, 2.05) is 32.0 Å². The standard InChI is InChI=1S/C15H17N3O3/c1-10-3-4-12(7-11(10)2)15(19)18-5-6-20-8-13(18)14-16-9-21-17-14/h3-4,7,9,13H,5-6,8H2,1-2H3. The first-order valence-corrected chi connectivity index (χ1v) is 6.89. The van der Waals surface area contributed by atoms with Crippen LogP contribution >= 0.6 is 0 Å². The second-order valence-electron chi connectivity index (χ2n) is 5.18. The summed E-state index contributed by atoms with van der Waals surface area (Å²) in [6, 6.07) is 5.44. The highest BCUT2D eigenvalue weighted by atomic mass is 16.5. The van der Waals surface area contributed by atoms with Crippen LogP contribution in [-0.4, -0.2) is 40.7 Å².